The van der Waals surface area contributed by atoms with E-state index in [1.165, 1.54) is 0 Å². The molecule has 138 valence electrons. The van der Waals surface area contributed by atoms with E-state index in [0.29, 0.717) is 16.8 Å². The fourth-order valence-corrected chi connectivity index (χ4v) is 3.27. The number of carbonyl (C=O) groups is 1. The molecule has 3 heterocycles. The first-order valence-corrected chi connectivity index (χ1v) is 9.01. The molecular formula is C20H20N4O3. The smallest absolute Gasteiger partial charge is 0.349 e. The maximum absolute atomic E-state index is 12.5. The molecule has 1 aliphatic heterocycles. The minimum atomic E-state index is -0.658. The molecule has 3 aromatic rings. The van der Waals surface area contributed by atoms with Gasteiger partial charge in [-0.1, -0.05) is 18.2 Å². The Hall–Kier alpha value is -3.22. The van der Waals surface area contributed by atoms with E-state index in [4.69, 9.17) is 4.42 Å². The van der Waals surface area contributed by atoms with E-state index in [0.717, 1.165) is 37.4 Å². The summed E-state index contributed by atoms with van der Waals surface area (Å²) in [5, 5.41) is 3.42. The second kappa shape index (κ2) is 7.19. The molecule has 1 aliphatic rings. The summed E-state index contributed by atoms with van der Waals surface area (Å²) in [6, 6.07) is 10.6. The van der Waals surface area contributed by atoms with Crippen LogP contribution in [0.2, 0.25) is 0 Å². The van der Waals surface area contributed by atoms with Crippen molar-refractivity contribution in [3.8, 4) is 0 Å². The molecule has 7 heteroatoms. The van der Waals surface area contributed by atoms with Crippen molar-refractivity contribution in [2.24, 2.45) is 0 Å². The van der Waals surface area contributed by atoms with Gasteiger partial charge < -0.3 is 14.6 Å². The topological polar surface area (TPSA) is 88.3 Å². The Morgan fingerprint density at radius 2 is 1.96 bits per heavy atom. The maximum atomic E-state index is 12.5. The predicted octanol–water partition coefficient (Wildman–Crippen LogP) is 2.42. The fourth-order valence-electron chi connectivity index (χ4n) is 3.27. The van der Waals surface area contributed by atoms with E-state index in [9.17, 15) is 9.59 Å². The summed E-state index contributed by atoms with van der Waals surface area (Å²) in [6.45, 7) is 4.03. The van der Waals surface area contributed by atoms with Crippen LogP contribution in [0.4, 0.5) is 5.82 Å². The molecule has 1 N–H and O–H groups in total. The Labute approximate surface area is 156 Å². The molecule has 27 heavy (non-hydrogen) atoms. The Morgan fingerprint density at radius 1 is 1.19 bits per heavy atom. The van der Waals surface area contributed by atoms with Crippen LogP contribution in [0.5, 0.6) is 0 Å². The maximum Gasteiger partial charge on any atom is 0.349 e. The molecule has 1 amide bonds. The number of nitrogens with zero attached hydrogens (tertiary/aromatic N) is 3. The lowest BCUT2D eigenvalue weighted by molar-refractivity contribution is 0.0946. The zero-order valence-electron chi connectivity index (χ0n) is 15.1. The van der Waals surface area contributed by atoms with Gasteiger partial charge in [0.05, 0.1) is 6.54 Å². The molecule has 0 bridgehead atoms. The first kappa shape index (κ1) is 17.2. The molecule has 1 saturated heterocycles. The van der Waals surface area contributed by atoms with E-state index >= 15 is 0 Å². The van der Waals surface area contributed by atoms with E-state index in [-0.39, 0.29) is 12.1 Å². The van der Waals surface area contributed by atoms with Crippen LogP contribution in [0.15, 0.2) is 45.6 Å². The van der Waals surface area contributed by atoms with Crippen molar-refractivity contribution >= 4 is 22.7 Å². The lowest BCUT2D eigenvalue weighted by atomic mass is 10.2. The van der Waals surface area contributed by atoms with Crippen molar-refractivity contribution < 1.29 is 9.21 Å². The van der Waals surface area contributed by atoms with Crippen LogP contribution >= 0.6 is 0 Å². The Kier molecular flexibility index (Phi) is 4.58. The van der Waals surface area contributed by atoms with Gasteiger partial charge in [-0.2, -0.15) is 0 Å². The molecule has 1 fully saturated rings. The van der Waals surface area contributed by atoms with Crippen LogP contribution in [0.1, 0.15) is 34.7 Å². The van der Waals surface area contributed by atoms with Crippen LogP contribution in [-0.2, 0) is 6.54 Å². The molecule has 7 nitrogen and oxygen atoms in total. The van der Waals surface area contributed by atoms with Gasteiger partial charge in [0.2, 0.25) is 0 Å². The minimum absolute atomic E-state index is 0.0267. The number of hydrogen-bond acceptors (Lipinski definition) is 6. The Bertz CT molecular complexity index is 1050. The van der Waals surface area contributed by atoms with E-state index in [1.54, 1.807) is 24.3 Å². The Morgan fingerprint density at radius 3 is 2.78 bits per heavy atom. The fraction of sp³-hybridized carbons (Fsp3) is 0.300. The number of anilines is 1. The number of benzene rings is 1. The van der Waals surface area contributed by atoms with Crippen LogP contribution in [-0.4, -0.2) is 29.0 Å². The van der Waals surface area contributed by atoms with Crippen LogP contribution in [0.3, 0.4) is 0 Å². The number of amides is 1. The van der Waals surface area contributed by atoms with Crippen molar-refractivity contribution in [2.45, 2.75) is 26.3 Å². The van der Waals surface area contributed by atoms with Gasteiger partial charge in [0, 0.05) is 30.2 Å². The Balaban J connectivity index is 1.52. The van der Waals surface area contributed by atoms with Crippen LogP contribution in [0, 0.1) is 6.92 Å². The van der Waals surface area contributed by atoms with E-state index in [1.807, 2.05) is 19.1 Å². The number of aromatic nitrogens is 2. The average Bonchev–Trinajstić information content (AvgIpc) is 3.20. The third-order valence-corrected chi connectivity index (χ3v) is 4.61. The van der Waals surface area contributed by atoms with Crippen molar-refractivity contribution in [3.05, 3.63) is 63.9 Å². The van der Waals surface area contributed by atoms with Crippen LogP contribution < -0.4 is 15.8 Å². The molecule has 0 saturated carbocycles. The molecule has 4 rings (SSSR count). The lowest BCUT2D eigenvalue weighted by Gasteiger charge is -2.17. The number of hydrogen-bond donors (Lipinski definition) is 1. The largest absolute Gasteiger partial charge is 0.422 e. The second-order valence-corrected chi connectivity index (χ2v) is 6.65. The van der Waals surface area contributed by atoms with Gasteiger partial charge in [0.15, 0.2) is 0 Å². The predicted molar refractivity (Wildman–Crippen MR) is 102 cm³/mol. The summed E-state index contributed by atoms with van der Waals surface area (Å²) < 4.78 is 5.22. The zero-order valence-corrected chi connectivity index (χ0v) is 15.1. The number of rotatable bonds is 4. The van der Waals surface area contributed by atoms with Gasteiger partial charge in [-0.3, -0.25) is 4.79 Å². The number of carbonyl (C=O) groups excluding carboxylic acids is 1. The standard InChI is InChI=1S/C20H20N4O3/c1-13-10-18(24-8-4-5-9-24)23-17(22-13)12-21-19(25)15-11-14-6-2-3-7-16(14)27-20(15)26/h2-3,6-7,10-11H,4-5,8-9,12H2,1H3,(H,21,25). The first-order valence-electron chi connectivity index (χ1n) is 9.01. The first-order chi connectivity index (χ1) is 13.1. The molecule has 0 atom stereocenters. The van der Waals surface area contributed by atoms with Crippen molar-refractivity contribution in [1.29, 1.82) is 0 Å². The third-order valence-electron chi connectivity index (χ3n) is 4.61. The van der Waals surface area contributed by atoms with Gasteiger partial charge in [-0.25, -0.2) is 14.8 Å². The van der Waals surface area contributed by atoms with Crippen LogP contribution in [0.25, 0.3) is 11.0 Å². The lowest BCUT2D eigenvalue weighted by Crippen LogP contribution is -2.29. The summed E-state index contributed by atoms with van der Waals surface area (Å²) in [7, 11) is 0. The van der Waals surface area contributed by atoms with Gasteiger partial charge >= 0.3 is 5.63 Å². The number of fused-ring (bicyclic) bond motifs is 1. The van der Waals surface area contributed by atoms with Gasteiger partial charge in [-0.15, -0.1) is 0 Å². The SMILES string of the molecule is Cc1cc(N2CCCC2)nc(CNC(=O)c2cc3ccccc3oc2=O)n1. The summed E-state index contributed by atoms with van der Waals surface area (Å²) in [6.07, 6.45) is 2.32. The third kappa shape index (κ3) is 3.67. The molecule has 0 spiro atoms. The highest BCUT2D eigenvalue weighted by Gasteiger charge is 2.17. The minimum Gasteiger partial charge on any atom is -0.422 e. The average molecular weight is 364 g/mol. The normalized spacial score (nSPS) is 13.9. The number of nitrogens with one attached hydrogen (secondary N) is 1. The van der Waals surface area contributed by atoms with Crippen molar-refractivity contribution in [2.75, 3.05) is 18.0 Å². The summed E-state index contributed by atoms with van der Waals surface area (Å²) in [5.41, 5.74) is 0.618. The molecule has 0 unspecified atom stereocenters. The van der Waals surface area contributed by atoms with Crippen molar-refractivity contribution in [3.63, 3.8) is 0 Å². The zero-order chi connectivity index (χ0) is 18.8. The number of aryl methyl sites for hydroxylation is 1. The molecule has 2 aromatic heterocycles. The van der Waals surface area contributed by atoms with E-state index in [2.05, 4.69) is 20.2 Å². The molecule has 1 aromatic carbocycles. The quantitative estimate of drug-likeness (QED) is 0.715. The second-order valence-electron chi connectivity index (χ2n) is 6.65. The van der Waals surface area contributed by atoms with Gasteiger partial charge in [0.25, 0.3) is 5.91 Å². The summed E-state index contributed by atoms with van der Waals surface area (Å²) >= 11 is 0. The highest BCUT2D eigenvalue weighted by Crippen LogP contribution is 2.18. The van der Waals surface area contributed by atoms with E-state index < -0.39 is 11.5 Å². The number of para-hydroxylation sites is 1. The van der Waals surface area contributed by atoms with Gasteiger partial charge in [0.1, 0.15) is 22.8 Å². The highest BCUT2D eigenvalue weighted by molar-refractivity contribution is 5.96. The molecular weight excluding hydrogens is 344 g/mol. The molecule has 0 aliphatic carbocycles. The van der Waals surface area contributed by atoms with Gasteiger partial charge in [-0.05, 0) is 31.9 Å². The monoisotopic (exact) mass is 364 g/mol. The molecule has 0 radical (unpaired) electrons. The summed E-state index contributed by atoms with van der Waals surface area (Å²) in [5.74, 6) is 0.909. The highest BCUT2D eigenvalue weighted by atomic mass is 16.4. The summed E-state index contributed by atoms with van der Waals surface area (Å²) in [4.78, 5) is 35.7. The van der Waals surface area contributed by atoms with Crippen molar-refractivity contribution in [1.82, 2.24) is 15.3 Å².